The van der Waals surface area contributed by atoms with Crippen molar-refractivity contribution in [1.29, 1.82) is 0 Å². The highest BCUT2D eigenvalue weighted by atomic mass is 79.9. The lowest BCUT2D eigenvalue weighted by Gasteiger charge is -2.02. The van der Waals surface area contributed by atoms with Crippen LogP contribution in [0.4, 0.5) is 5.82 Å². The zero-order valence-electron chi connectivity index (χ0n) is 9.88. The van der Waals surface area contributed by atoms with E-state index < -0.39 is 0 Å². The highest BCUT2D eigenvalue weighted by Crippen LogP contribution is 2.36. The number of halogens is 1. The molecule has 0 unspecified atom stereocenters. The van der Waals surface area contributed by atoms with Gasteiger partial charge in [0.2, 0.25) is 0 Å². The van der Waals surface area contributed by atoms with Gasteiger partial charge in [0.15, 0.2) is 11.6 Å². The minimum absolute atomic E-state index is 0.379. The predicted molar refractivity (Wildman–Crippen MR) is 77.3 cm³/mol. The van der Waals surface area contributed by atoms with Gasteiger partial charge in [-0.05, 0) is 42.0 Å². The molecule has 1 aromatic carbocycles. The summed E-state index contributed by atoms with van der Waals surface area (Å²) in [5, 5.41) is 3.86. The molecule has 5 heteroatoms. The Bertz CT molecular complexity index is 692. The van der Waals surface area contributed by atoms with Gasteiger partial charge in [-0.1, -0.05) is 21.1 Å². The average Bonchev–Trinajstić information content (AvgIpc) is 2.82. The second-order valence-corrected chi connectivity index (χ2v) is 4.93. The Balaban J connectivity index is 2.16. The van der Waals surface area contributed by atoms with Crippen LogP contribution in [-0.4, -0.2) is 10.1 Å². The van der Waals surface area contributed by atoms with E-state index in [-0.39, 0.29) is 0 Å². The zero-order valence-corrected chi connectivity index (χ0v) is 11.5. The SMILES string of the molecule is Nc1noc(-c2ccc(Br)cc2)c1-c1ccncc1. The van der Waals surface area contributed by atoms with Gasteiger partial charge in [-0.25, -0.2) is 0 Å². The maximum atomic E-state index is 5.91. The first-order chi connectivity index (χ1) is 9.25. The molecule has 2 aromatic heterocycles. The largest absolute Gasteiger partial charge is 0.380 e. The summed E-state index contributed by atoms with van der Waals surface area (Å²) in [6, 6.07) is 11.6. The number of pyridine rings is 1. The fraction of sp³-hybridized carbons (Fsp3) is 0. The van der Waals surface area contributed by atoms with Gasteiger partial charge in [-0.3, -0.25) is 4.98 Å². The van der Waals surface area contributed by atoms with E-state index in [1.165, 1.54) is 0 Å². The highest BCUT2D eigenvalue weighted by Gasteiger charge is 2.17. The van der Waals surface area contributed by atoms with E-state index in [9.17, 15) is 0 Å². The second-order valence-electron chi connectivity index (χ2n) is 4.01. The lowest BCUT2D eigenvalue weighted by molar-refractivity contribution is 0.436. The van der Waals surface area contributed by atoms with Crippen molar-refractivity contribution in [3.63, 3.8) is 0 Å². The van der Waals surface area contributed by atoms with E-state index in [2.05, 4.69) is 26.1 Å². The zero-order chi connectivity index (χ0) is 13.2. The van der Waals surface area contributed by atoms with Crippen molar-refractivity contribution in [2.45, 2.75) is 0 Å². The Hall–Kier alpha value is -2.14. The predicted octanol–water partition coefficient (Wildman–Crippen LogP) is 3.75. The van der Waals surface area contributed by atoms with Crippen LogP contribution in [0.5, 0.6) is 0 Å². The Labute approximate surface area is 118 Å². The molecular formula is C14H10BrN3O. The van der Waals surface area contributed by atoms with E-state index in [1.54, 1.807) is 12.4 Å². The third-order valence-electron chi connectivity index (χ3n) is 2.79. The maximum absolute atomic E-state index is 5.91. The number of nitrogens with two attached hydrogens (primary N) is 1. The monoisotopic (exact) mass is 315 g/mol. The van der Waals surface area contributed by atoms with Gasteiger partial charge in [0.1, 0.15) is 0 Å². The summed E-state index contributed by atoms with van der Waals surface area (Å²) in [5.41, 5.74) is 8.57. The van der Waals surface area contributed by atoms with Crippen LogP contribution < -0.4 is 5.73 Å². The van der Waals surface area contributed by atoms with Crippen LogP contribution in [0.2, 0.25) is 0 Å². The molecular weight excluding hydrogens is 306 g/mol. The van der Waals surface area contributed by atoms with Crippen LogP contribution in [0.3, 0.4) is 0 Å². The van der Waals surface area contributed by atoms with Gasteiger partial charge in [0.25, 0.3) is 0 Å². The molecule has 0 radical (unpaired) electrons. The molecule has 0 saturated heterocycles. The summed E-state index contributed by atoms with van der Waals surface area (Å²) in [6.45, 7) is 0. The summed E-state index contributed by atoms with van der Waals surface area (Å²) in [6.07, 6.45) is 3.43. The van der Waals surface area contributed by atoms with Gasteiger partial charge < -0.3 is 10.3 Å². The van der Waals surface area contributed by atoms with Gasteiger partial charge in [-0.2, -0.15) is 0 Å². The molecule has 4 nitrogen and oxygen atoms in total. The quantitative estimate of drug-likeness (QED) is 0.782. The summed E-state index contributed by atoms with van der Waals surface area (Å²) >= 11 is 3.41. The second kappa shape index (κ2) is 4.85. The minimum Gasteiger partial charge on any atom is -0.380 e. The van der Waals surface area contributed by atoms with Crippen LogP contribution >= 0.6 is 15.9 Å². The maximum Gasteiger partial charge on any atom is 0.176 e. The van der Waals surface area contributed by atoms with Crippen molar-refractivity contribution in [3.05, 3.63) is 53.3 Å². The Morgan fingerprint density at radius 2 is 1.63 bits per heavy atom. The molecule has 0 atom stereocenters. The van der Waals surface area contributed by atoms with Crippen LogP contribution in [0.25, 0.3) is 22.5 Å². The third-order valence-corrected chi connectivity index (χ3v) is 3.32. The summed E-state index contributed by atoms with van der Waals surface area (Å²) < 4.78 is 6.37. The number of hydrogen-bond acceptors (Lipinski definition) is 4. The van der Waals surface area contributed by atoms with Gasteiger partial charge >= 0.3 is 0 Å². The number of hydrogen-bond donors (Lipinski definition) is 1. The average molecular weight is 316 g/mol. The molecule has 3 rings (SSSR count). The molecule has 0 amide bonds. The Morgan fingerprint density at radius 1 is 0.947 bits per heavy atom. The fourth-order valence-corrected chi connectivity index (χ4v) is 2.16. The normalized spacial score (nSPS) is 10.6. The summed E-state index contributed by atoms with van der Waals surface area (Å²) in [4.78, 5) is 4.00. The molecule has 0 fully saturated rings. The number of benzene rings is 1. The molecule has 0 aliphatic carbocycles. The van der Waals surface area contributed by atoms with E-state index in [0.29, 0.717) is 11.6 Å². The van der Waals surface area contributed by atoms with Crippen molar-refractivity contribution in [3.8, 4) is 22.5 Å². The van der Waals surface area contributed by atoms with Crippen molar-refractivity contribution in [2.75, 3.05) is 5.73 Å². The lowest BCUT2D eigenvalue weighted by atomic mass is 10.0. The molecule has 0 aliphatic heterocycles. The van der Waals surface area contributed by atoms with Gasteiger partial charge in [0.05, 0.1) is 5.56 Å². The number of nitrogen functional groups attached to an aromatic ring is 1. The van der Waals surface area contributed by atoms with Crippen molar-refractivity contribution < 1.29 is 4.52 Å². The molecule has 0 bridgehead atoms. The van der Waals surface area contributed by atoms with E-state index in [4.69, 9.17) is 10.3 Å². The topological polar surface area (TPSA) is 64.9 Å². The summed E-state index contributed by atoms with van der Waals surface area (Å²) in [7, 11) is 0. The Kier molecular flexibility index (Phi) is 3.05. The van der Waals surface area contributed by atoms with Crippen LogP contribution in [0.1, 0.15) is 0 Å². The molecule has 0 spiro atoms. The number of rotatable bonds is 2. The molecule has 2 N–H and O–H groups in total. The smallest absolute Gasteiger partial charge is 0.176 e. The fourth-order valence-electron chi connectivity index (χ4n) is 1.90. The number of anilines is 1. The molecule has 0 saturated carbocycles. The number of aromatic nitrogens is 2. The molecule has 0 aliphatic rings. The highest BCUT2D eigenvalue weighted by molar-refractivity contribution is 9.10. The third kappa shape index (κ3) is 2.24. The molecule has 94 valence electrons. The van der Waals surface area contributed by atoms with Gasteiger partial charge in [-0.15, -0.1) is 0 Å². The first kappa shape index (κ1) is 11.9. The molecule has 3 aromatic rings. The molecule has 2 heterocycles. The first-order valence-corrected chi connectivity index (χ1v) is 6.46. The van der Waals surface area contributed by atoms with Crippen LogP contribution in [-0.2, 0) is 0 Å². The first-order valence-electron chi connectivity index (χ1n) is 5.67. The van der Waals surface area contributed by atoms with Crippen molar-refractivity contribution in [2.24, 2.45) is 0 Å². The van der Waals surface area contributed by atoms with Gasteiger partial charge in [0, 0.05) is 22.4 Å². The van der Waals surface area contributed by atoms with E-state index >= 15 is 0 Å². The lowest BCUT2D eigenvalue weighted by Crippen LogP contribution is -1.89. The van der Waals surface area contributed by atoms with Crippen molar-refractivity contribution in [1.82, 2.24) is 10.1 Å². The van der Waals surface area contributed by atoms with Crippen LogP contribution in [0.15, 0.2) is 57.8 Å². The van der Waals surface area contributed by atoms with E-state index in [0.717, 1.165) is 21.2 Å². The summed E-state index contributed by atoms with van der Waals surface area (Å²) in [5.74, 6) is 1.04. The number of nitrogens with zero attached hydrogens (tertiary/aromatic N) is 2. The van der Waals surface area contributed by atoms with Crippen LogP contribution in [0, 0.1) is 0 Å². The standard InChI is InChI=1S/C14H10BrN3O/c15-11-3-1-10(2-4-11)13-12(14(16)18-19-13)9-5-7-17-8-6-9/h1-8H,(H2,16,18). The Morgan fingerprint density at radius 3 is 2.32 bits per heavy atom. The molecule has 19 heavy (non-hydrogen) atoms. The minimum atomic E-state index is 0.379. The van der Waals surface area contributed by atoms with Crippen molar-refractivity contribution >= 4 is 21.7 Å². The van der Waals surface area contributed by atoms with E-state index in [1.807, 2.05) is 36.4 Å².